The molecule has 2 fully saturated rings. The molecule has 38 heavy (non-hydrogen) atoms. The van der Waals surface area contributed by atoms with Crippen molar-refractivity contribution in [1.82, 2.24) is 14.5 Å². The number of rotatable bonds is 7. The SMILES string of the molecule is Clc1ccccc1[C@]1(Cn2ccnc2)OC[C@@H](OCc2ccc(N3CCN(C4=NCCO4)CC3)cc2)CO1. The summed E-state index contributed by atoms with van der Waals surface area (Å²) in [6, 6.07) is 17.0. The van der Waals surface area contributed by atoms with Crippen LogP contribution in [0.5, 0.6) is 0 Å². The molecule has 3 aliphatic rings. The number of hydrogen-bond donors (Lipinski definition) is 0. The Kier molecular flexibility index (Phi) is 7.51. The van der Waals surface area contributed by atoms with Gasteiger partial charge in [-0.25, -0.2) is 9.98 Å². The molecular formula is C28H32ClN5O4. The van der Waals surface area contributed by atoms with E-state index in [1.807, 2.05) is 35.0 Å². The van der Waals surface area contributed by atoms with Gasteiger partial charge in [-0.2, -0.15) is 0 Å². The standard InChI is InChI=1S/C28H32ClN5O4/c29-26-4-2-1-3-25(26)28(20-32-11-9-30-21-32)37-18-24(19-38-28)36-17-22-5-7-23(8-6-22)33-12-14-34(15-13-33)27-31-10-16-35-27/h1-9,11,21,24H,10,12-20H2/t24-,28-. The summed E-state index contributed by atoms with van der Waals surface area (Å²) in [6.07, 6.45) is 5.19. The van der Waals surface area contributed by atoms with E-state index in [9.17, 15) is 0 Å². The van der Waals surface area contributed by atoms with Gasteiger partial charge in [0, 0.05) is 54.8 Å². The number of imidazole rings is 1. The van der Waals surface area contributed by atoms with Crippen LogP contribution in [0.25, 0.3) is 0 Å². The largest absolute Gasteiger partial charge is 0.463 e. The number of nitrogens with zero attached hydrogens (tertiary/aromatic N) is 5. The summed E-state index contributed by atoms with van der Waals surface area (Å²) in [5.41, 5.74) is 3.13. The van der Waals surface area contributed by atoms with Crippen LogP contribution in [-0.2, 0) is 37.9 Å². The molecule has 9 nitrogen and oxygen atoms in total. The Morgan fingerprint density at radius 3 is 2.42 bits per heavy atom. The molecule has 0 amide bonds. The molecule has 10 heteroatoms. The van der Waals surface area contributed by atoms with Crippen LogP contribution >= 0.6 is 11.6 Å². The Bertz CT molecular complexity index is 1220. The normalized spacial score (nSPS) is 23.8. The second-order valence-electron chi connectivity index (χ2n) is 9.68. The molecule has 0 radical (unpaired) electrons. The van der Waals surface area contributed by atoms with Crippen LogP contribution < -0.4 is 4.90 Å². The second-order valence-corrected chi connectivity index (χ2v) is 10.1. The lowest BCUT2D eigenvalue weighted by atomic mass is 10.0. The van der Waals surface area contributed by atoms with Crippen molar-refractivity contribution in [3.8, 4) is 0 Å². The lowest BCUT2D eigenvalue weighted by molar-refractivity contribution is -0.313. The molecule has 3 aromatic rings. The molecule has 1 aromatic heterocycles. The summed E-state index contributed by atoms with van der Waals surface area (Å²) in [5.74, 6) is -0.999. The summed E-state index contributed by atoms with van der Waals surface area (Å²) in [4.78, 5) is 13.2. The number of ether oxygens (including phenoxy) is 4. The van der Waals surface area contributed by atoms with E-state index in [-0.39, 0.29) is 6.10 Å². The van der Waals surface area contributed by atoms with E-state index in [1.165, 1.54) is 5.69 Å². The molecule has 0 atom stereocenters. The molecule has 0 aliphatic carbocycles. The average molecular weight is 538 g/mol. The maximum absolute atomic E-state index is 6.54. The van der Waals surface area contributed by atoms with Gasteiger partial charge >= 0.3 is 0 Å². The van der Waals surface area contributed by atoms with Gasteiger partial charge in [-0.1, -0.05) is 41.9 Å². The first-order valence-corrected chi connectivity index (χ1v) is 13.4. The summed E-state index contributed by atoms with van der Waals surface area (Å²) in [6.45, 7) is 6.93. The Labute approximate surface area is 227 Å². The number of aliphatic imine (C=N–C) groups is 1. The van der Waals surface area contributed by atoms with Crippen molar-refractivity contribution in [1.29, 1.82) is 0 Å². The number of amidine groups is 1. The molecule has 4 heterocycles. The Morgan fingerprint density at radius 1 is 0.974 bits per heavy atom. The zero-order chi connectivity index (χ0) is 25.8. The monoisotopic (exact) mass is 537 g/mol. The first-order chi connectivity index (χ1) is 18.7. The molecular weight excluding hydrogens is 506 g/mol. The van der Waals surface area contributed by atoms with E-state index in [1.54, 1.807) is 12.5 Å². The fourth-order valence-electron chi connectivity index (χ4n) is 5.05. The Balaban J connectivity index is 1.02. The molecule has 0 spiro atoms. The predicted molar refractivity (Wildman–Crippen MR) is 144 cm³/mol. The smallest absolute Gasteiger partial charge is 0.287 e. The van der Waals surface area contributed by atoms with E-state index in [2.05, 4.69) is 44.0 Å². The highest BCUT2D eigenvalue weighted by Gasteiger charge is 2.41. The number of aromatic nitrogens is 2. The minimum absolute atomic E-state index is 0.179. The maximum atomic E-state index is 6.54. The molecule has 3 aliphatic heterocycles. The molecule has 0 unspecified atom stereocenters. The summed E-state index contributed by atoms with van der Waals surface area (Å²) >= 11 is 6.54. The van der Waals surface area contributed by atoms with Crippen molar-refractivity contribution < 1.29 is 18.9 Å². The number of benzene rings is 2. The summed E-state index contributed by atoms with van der Waals surface area (Å²) in [7, 11) is 0. The lowest BCUT2D eigenvalue weighted by Crippen LogP contribution is -2.48. The van der Waals surface area contributed by atoms with Crippen LogP contribution in [0, 0.1) is 0 Å². The van der Waals surface area contributed by atoms with Crippen LogP contribution in [0.3, 0.4) is 0 Å². The van der Waals surface area contributed by atoms with Crippen molar-refractivity contribution in [3.63, 3.8) is 0 Å². The Hall–Kier alpha value is -3.11. The highest BCUT2D eigenvalue weighted by atomic mass is 35.5. The third-order valence-electron chi connectivity index (χ3n) is 7.15. The zero-order valence-electron chi connectivity index (χ0n) is 21.2. The van der Waals surface area contributed by atoms with Gasteiger partial charge in [-0.3, -0.25) is 0 Å². The fourth-order valence-corrected chi connectivity index (χ4v) is 5.33. The fraction of sp³-hybridized carbons (Fsp3) is 0.429. The highest BCUT2D eigenvalue weighted by Crippen LogP contribution is 2.37. The van der Waals surface area contributed by atoms with Crippen LogP contribution in [-0.4, -0.2) is 79.1 Å². The van der Waals surface area contributed by atoms with E-state index in [4.69, 9.17) is 30.5 Å². The van der Waals surface area contributed by atoms with Crippen molar-refractivity contribution in [2.24, 2.45) is 4.99 Å². The van der Waals surface area contributed by atoms with Crippen LogP contribution in [0.15, 0.2) is 72.2 Å². The summed E-state index contributed by atoms with van der Waals surface area (Å²) < 4.78 is 26.4. The van der Waals surface area contributed by atoms with Crippen molar-refractivity contribution in [2.45, 2.75) is 25.0 Å². The third-order valence-corrected chi connectivity index (χ3v) is 7.48. The number of hydrogen-bond acceptors (Lipinski definition) is 8. The first-order valence-electron chi connectivity index (χ1n) is 13.0. The van der Waals surface area contributed by atoms with Crippen molar-refractivity contribution in [2.75, 3.05) is 57.4 Å². The van der Waals surface area contributed by atoms with Crippen molar-refractivity contribution in [3.05, 3.63) is 83.4 Å². The van der Waals surface area contributed by atoms with E-state index >= 15 is 0 Å². The molecule has 200 valence electrons. The van der Waals surface area contributed by atoms with E-state index < -0.39 is 5.79 Å². The molecule has 2 saturated heterocycles. The highest BCUT2D eigenvalue weighted by molar-refractivity contribution is 6.31. The maximum Gasteiger partial charge on any atom is 0.287 e. The van der Waals surface area contributed by atoms with Crippen LogP contribution in [0.2, 0.25) is 5.02 Å². The van der Waals surface area contributed by atoms with Gasteiger partial charge in [0.1, 0.15) is 12.7 Å². The van der Waals surface area contributed by atoms with Gasteiger partial charge in [0.25, 0.3) is 6.02 Å². The van der Waals surface area contributed by atoms with Crippen molar-refractivity contribution >= 4 is 23.3 Å². The van der Waals surface area contributed by atoms with Crippen LogP contribution in [0.4, 0.5) is 5.69 Å². The molecule has 2 aromatic carbocycles. The molecule has 0 saturated carbocycles. The number of anilines is 1. The molecule has 0 N–H and O–H groups in total. The van der Waals surface area contributed by atoms with Gasteiger partial charge in [0.15, 0.2) is 0 Å². The minimum atomic E-state index is -0.999. The number of halogens is 1. The van der Waals surface area contributed by atoms with E-state index in [0.717, 1.165) is 49.9 Å². The zero-order valence-corrected chi connectivity index (χ0v) is 22.0. The van der Waals surface area contributed by atoms with E-state index in [0.29, 0.717) is 38.0 Å². The molecule has 6 rings (SSSR count). The lowest BCUT2D eigenvalue weighted by Gasteiger charge is -2.40. The van der Waals surface area contributed by atoms with Gasteiger partial charge in [-0.15, -0.1) is 0 Å². The van der Waals surface area contributed by atoms with Gasteiger partial charge < -0.3 is 33.3 Å². The minimum Gasteiger partial charge on any atom is -0.463 e. The Morgan fingerprint density at radius 2 is 1.74 bits per heavy atom. The first kappa shape index (κ1) is 25.2. The predicted octanol–water partition coefficient (Wildman–Crippen LogP) is 3.53. The van der Waals surface area contributed by atoms with Gasteiger partial charge in [0.05, 0.1) is 39.2 Å². The molecule has 0 bridgehead atoms. The summed E-state index contributed by atoms with van der Waals surface area (Å²) in [5, 5.41) is 0.606. The number of piperazine rings is 1. The quantitative estimate of drug-likeness (QED) is 0.456. The third kappa shape index (κ3) is 5.51. The topological polar surface area (TPSA) is 73.6 Å². The second kappa shape index (κ2) is 11.3. The van der Waals surface area contributed by atoms with Gasteiger partial charge in [-0.05, 0) is 23.8 Å². The van der Waals surface area contributed by atoms with Gasteiger partial charge in [0.2, 0.25) is 5.79 Å². The average Bonchev–Trinajstić information content (AvgIpc) is 3.69. The van der Waals surface area contributed by atoms with Crippen LogP contribution in [0.1, 0.15) is 11.1 Å².